The number of rotatable bonds is 0. The van der Waals surface area contributed by atoms with E-state index in [2.05, 4.69) is 13.8 Å². The van der Waals surface area contributed by atoms with Crippen LogP contribution in [-0.4, -0.2) is 12.2 Å². The van der Waals surface area contributed by atoms with E-state index in [9.17, 15) is 0 Å². The molecule has 2 rings (SSSR count). The zero-order chi connectivity index (χ0) is 9.26. The van der Waals surface area contributed by atoms with Crippen molar-refractivity contribution in [2.24, 2.45) is 0 Å². The van der Waals surface area contributed by atoms with Crippen LogP contribution in [0.1, 0.15) is 20.3 Å². The van der Waals surface area contributed by atoms with E-state index in [4.69, 9.17) is 9.47 Å². The van der Waals surface area contributed by atoms with Gasteiger partial charge in [-0.3, -0.25) is 0 Å². The molecule has 0 fully saturated rings. The quantitative estimate of drug-likeness (QED) is 0.608. The van der Waals surface area contributed by atoms with Crippen molar-refractivity contribution in [3.8, 4) is 11.5 Å². The van der Waals surface area contributed by atoms with Gasteiger partial charge in [0.05, 0.1) is 12.2 Å². The Balaban J connectivity index is 2.32. The van der Waals surface area contributed by atoms with Crippen LogP contribution in [0.15, 0.2) is 24.3 Å². The summed E-state index contributed by atoms with van der Waals surface area (Å²) in [4.78, 5) is 0. The molecule has 0 saturated carbocycles. The summed E-state index contributed by atoms with van der Waals surface area (Å²) < 4.78 is 11.4. The van der Waals surface area contributed by atoms with Crippen molar-refractivity contribution in [1.29, 1.82) is 0 Å². The highest BCUT2D eigenvalue weighted by Gasteiger charge is 2.19. The van der Waals surface area contributed by atoms with Gasteiger partial charge in [0, 0.05) is 6.42 Å². The molecule has 1 aliphatic heterocycles. The molecule has 0 amide bonds. The zero-order valence-corrected chi connectivity index (χ0v) is 7.99. The first-order chi connectivity index (χ1) is 6.25. The van der Waals surface area contributed by atoms with E-state index in [0.717, 1.165) is 17.9 Å². The Morgan fingerprint density at radius 3 is 1.92 bits per heavy atom. The van der Waals surface area contributed by atoms with Gasteiger partial charge in [0.15, 0.2) is 11.5 Å². The van der Waals surface area contributed by atoms with Gasteiger partial charge in [-0.2, -0.15) is 0 Å². The first kappa shape index (κ1) is 8.42. The molecule has 0 N–H and O–H groups in total. The Labute approximate surface area is 78.5 Å². The summed E-state index contributed by atoms with van der Waals surface area (Å²) >= 11 is 0. The third-order valence-electron chi connectivity index (χ3n) is 2.17. The van der Waals surface area contributed by atoms with Gasteiger partial charge in [-0.15, -0.1) is 0 Å². The van der Waals surface area contributed by atoms with Crippen molar-refractivity contribution < 1.29 is 9.47 Å². The molecule has 0 radical (unpaired) electrons. The van der Waals surface area contributed by atoms with Gasteiger partial charge in [-0.05, 0) is 26.0 Å². The standard InChI is InChI=1S/C11H14O2/c1-8-7-9(2)13-11-6-4-3-5-10(11)12-8/h3-6,8-9H,7H2,1-2H3. The highest BCUT2D eigenvalue weighted by atomic mass is 16.5. The molecule has 2 heteroatoms. The van der Waals surface area contributed by atoms with Crippen LogP contribution in [0, 0.1) is 0 Å². The van der Waals surface area contributed by atoms with E-state index in [-0.39, 0.29) is 12.2 Å². The lowest BCUT2D eigenvalue weighted by molar-refractivity contribution is 0.168. The molecule has 1 aromatic rings. The zero-order valence-electron chi connectivity index (χ0n) is 7.99. The molecule has 1 heterocycles. The molecule has 0 aromatic heterocycles. The lowest BCUT2D eigenvalue weighted by atomic mass is 10.2. The second-order valence-corrected chi connectivity index (χ2v) is 3.54. The van der Waals surface area contributed by atoms with Gasteiger partial charge in [0.1, 0.15) is 0 Å². The van der Waals surface area contributed by atoms with Crippen molar-refractivity contribution in [2.45, 2.75) is 32.5 Å². The molecule has 0 bridgehead atoms. The maximum Gasteiger partial charge on any atom is 0.161 e. The van der Waals surface area contributed by atoms with Crippen molar-refractivity contribution in [2.75, 3.05) is 0 Å². The predicted octanol–water partition coefficient (Wildman–Crippen LogP) is 2.62. The predicted molar refractivity (Wildman–Crippen MR) is 51.2 cm³/mol. The smallest absolute Gasteiger partial charge is 0.161 e. The molecule has 1 aromatic carbocycles. The van der Waals surface area contributed by atoms with Gasteiger partial charge < -0.3 is 9.47 Å². The average Bonchev–Trinajstić information content (AvgIpc) is 2.20. The minimum absolute atomic E-state index is 0.235. The Morgan fingerprint density at radius 1 is 1.00 bits per heavy atom. The molecule has 0 spiro atoms. The topological polar surface area (TPSA) is 18.5 Å². The number of fused-ring (bicyclic) bond motifs is 1. The van der Waals surface area contributed by atoms with E-state index in [1.165, 1.54) is 0 Å². The molecule has 13 heavy (non-hydrogen) atoms. The maximum atomic E-state index is 5.70. The van der Waals surface area contributed by atoms with Gasteiger partial charge in [-0.25, -0.2) is 0 Å². The summed E-state index contributed by atoms with van der Waals surface area (Å²) in [6, 6.07) is 7.82. The third kappa shape index (κ3) is 1.77. The van der Waals surface area contributed by atoms with E-state index in [0.29, 0.717) is 0 Å². The third-order valence-corrected chi connectivity index (χ3v) is 2.17. The average molecular weight is 178 g/mol. The molecule has 2 atom stereocenters. The summed E-state index contributed by atoms with van der Waals surface area (Å²) in [6.07, 6.45) is 1.41. The van der Waals surface area contributed by atoms with Crippen LogP contribution in [0.2, 0.25) is 0 Å². The summed E-state index contributed by atoms with van der Waals surface area (Å²) in [5.41, 5.74) is 0. The SMILES string of the molecule is CC1CC(C)Oc2ccccc2O1. The second-order valence-electron chi connectivity index (χ2n) is 3.54. The van der Waals surface area contributed by atoms with Crippen LogP contribution >= 0.6 is 0 Å². The van der Waals surface area contributed by atoms with E-state index >= 15 is 0 Å². The van der Waals surface area contributed by atoms with Crippen LogP contribution in [0.4, 0.5) is 0 Å². The van der Waals surface area contributed by atoms with Crippen molar-refractivity contribution >= 4 is 0 Å². The summed E-state index contributed by atoms with van der Waals surface area (Å²) in [5.74, 6) is 1.72. The van der Waals surface area contributed by atoms with E-state index in [1.54, 1.807) is 0 Å². The molecule has 0 saturated heterocycles. The fraction of sp³-hybridized carbons (Fsp3) is 0.455. The van der Waals surface area contributed by atoms with Gasteiger partial charge in [0.25, 0.3) is 0 Å². The molecule has 70 valence electrons. The van der Waals surface area contributed by atoms with Crippen LogP contribution < -0.4 is 9.47 Å². The van der Waals surface area contributed by atoms with E-state index in [1.807, 2.05) is 24.3 Å². The number of benzene rings is 1. The Bertz CT molecular complexity index is 267. The summed E-state index contributed by atoms with van der Waals surface area (Å²) in [7, 11) is 0. The first-order valence-electron chi connectivity index (χ1n) is 4.68. The summed E-state index contributed by atoms with van der Waals surface area (Å²) in [6.45, 7) is 4.14. The largest absolute Gasteiger partial charge is 0.487 e. The number of ether oxygens (including phenoxy) is 2. The fourth-order valence-corrected chi connectivity index (χ4v) is 1.64. The first-order valence-corrected chi connectivity index (χ1v) is 4.68. The highest BCUT2D eigenvalue weighted by molar-refractivity contribution is 5.40. The van der Waals surface area contributed by atoms with E-state index < -0.39 is 0 Å². The lowest BCUT2D eigenvalue weighted by Crippen LogP contribution is -2.18. The molecule has 0 aliphatic carbocycles. The minimum Gasteiger partial charge on any atom is -0.487 e. The molecular formula is C11H14O2. The van der Waals surface area contributed by atoms with Crippen molar-refractivity contribution in [3.63, 3.8) is 0 Å². The van der Waals surface area contributed by atoms with Gasteiger partial charge in [-0.1, -0.05) is 12.1 Å². The Morgan fingerprint density at radius 2 is 1.46 bits per heavy atom. The van der Waals surface area contributed by atoms with Crippen molar-refractivity contribution in [1.82, 2.24) is 0 Å². The number of hydrogen-bond acceptors (Lipinski definition) is 2. The number of hydrogen-bond donors (Lipinski definition) is 0. The molecule has 2 nitrogen and oxygen atoms in total. The summed E-state index contributed by atoms with van der Waals surface area (Å²) in [5, 5.41) is 0. The van der Waals surface area contributed by atoms with Crippen LogP contribution in [0.5, 0.6) is 11.5 Å². The fourth-order valence-electron chi connectivity index (χ4n) is 1.64. The van der Waals surface area contributed by atoms with Crippen LogP contribution in [0.25, 0.3) is 0 Å². The normalized spacial score (nSPS) is 26.6. The highest BCUT2D eigenvalue weighted by Crippen LogP contribution is 2.32. The second kappa shape index (κ2) is 3.29. The van der Waals surface area contributed by atoms with Crippen LogP contribution in [0.3, 0.4) is 0 Å². The minimum atomic E-state index is 0.235. The molecular weight excluding hydrogens is 164 g/mol. The maximum absolute atomic E-state index is 5.70. The number of para-hydroxylation sites is 2. The lowest BCUT2D eigenvalue weighted by Gasteiger charge is -2.11. The van der Waals surface area contributed by atoms with Gasteiger partial charge in [0.2, 0.25) is 0 Å². The molecule has 1 aliphatic rings. The molecule has 2 unspecified atom stereocenters. The Kier molecular flexibility index (Phi) is 2.13. The van der Waals surface area contributed by atoms with Crippen molar-refractivity contribution in [3.05, 3.63) is 24.3 Å². The van der Waals surface area contributed by atoms with Gasteiger partial charge >= 0.3 is 0 Å². The van der Waals surface area contributed by atoms with Crippen LogP contribution in [-0.2, 0) is 0 Å². The monoisotopic (exact) mass is 178 g/mol. The Hall–Kier alpha value is -1.18.